The molecule has 1 aromatic rings. The first-order valence-electron chi connectivity index (χ1n) is 4.94. The van der Waals surface area contributed by atoms with Crippen LogP contribution < -0.4 is 4.74 Å². The zero-order chi connectivity index (χ0) is 11.1. The van der Waals surface area contributed by atoms with Gasteiger partial charge in [-0.3, -0.25) is 4.90 Å². The number of nitrogens with zero attached hydrogens (tertiary/aromatic N) is 2. The van der Waals surface area contributed by atoms with Crippen molar-refractivity contribution in [2.45, 2.75) is 6.42 Å². The van der Waals surface area contributed by atoms with E-state index in [1.807, 2.05) is 24.1 Å². The maximum atomic E-state index is 8.49. The van der Waals surface area contributed by atoms with Crippen LogP contribution in [0.2, 0.25) is 0 Å². The molecule has 15 heavy (non-hydrogen) atoms. The highest BCUT2D eigenvalue weighted by Crippen LogP contribution is 2.11. The van der Waals surface area contributed by atoms with Crippen LogP contribution in [-0.2, 0) is 6.42 Å². The monoisotopic (exact) mass is 204 g/mol. The fourth-order valence-corrected chi connectivity index (χ4v) is 1.31. The lowest BCUT2D eigenvalue weighted by Crippen LogP contribution is -2.21. The summed E-state index contributed by atoms with van der Waals surface area (Å²) in [4.78, 5) is 2.00. The molecular weight excluding hydrogens is 188 g/mol. The van der Waals surface area contributed by atoms with Gasteiger partial charge in [0.1, 0.15) is 5.75 Å². The lowest BCUT2D eigenvalue weighted by Gasteiger charge is -2.11. The SMILES string of the molecule is COc1ccc(CCN(C)CC#N)cc1. The molecule has 0 aliphatic carbocycles. The van der Waals surface area contributed by atoms with E-state index in [0.717, 1.165) is 18.7 Å². The smallest absolute Gasteiger partial charge is 0.118 e. The summed E-state index contributed by atoms with van der Waals surface area (Å²) in [6, 6.07) is 10.2. The van der Waals surface area contributed by atoms with Crippen molar-refractivity contribution in [3.8, 4) is 11.8 Å². The van der Waals surface area contributed by atoms with E-state index in [9.17, 15) is 0 Å². The van der Waals surface area contributed by atoms with E-state index in [1.165, 1.54) is 5.56 Å². The number of ether oxygens (including phenoxy) is 1. The minimum absolute atomic E-state index is 0.482. The number of benzene rings is 1. The van der Waals surface area contributed by atoms with Gasteiger partial charge in [0.05, 0.1) is 19.7 Å². The summed E-state index contributed by atoms with van der Waals surface area (Å²) in [6.07, 6.45) is 0.960. The van der Waals surface area contributed by atoms with Gasteiger partial charge >= 0.3 is 0 Å². The zero-order valence-electron chi connectivity index (χ0n) is 9.23. The van der Waals surface area contributed by atoms with Crippen molar-refractivity contribution in [3.63, 3.8) is 0 Å². The molecule has 0 amide bonds. The predicted octanol–water partition coefficient (Wildman–Crippen LogP) is 1.69. The highest BCUT2D eigenvalue weighted by Gasteiger charge is 1.98. The fourth-order valence-electron chi connectivity index (χ4n) is 1.31. The largest absolute Gasteiger partial charge is 0.497 e. The van der Waals surface area contributed by atoms with E-state index in [0.29, 0.717) is 6.54 Å². The van der Waals surface area contributed by atoms with Crippen LogP contribution in [0.5, 0.6) is 5.75 Å². The third-order valence-corrected chi connectivity index (χ3v) is 2.28. The van der Waals surface area contributed by atoms with Crippen LogP contribution in [-0.4, -0.2) is 32.1 Å². The van der Waals surface area contributed by atoms with E-state index in [2.05, 4.69) is 18.2 Å². The molecule has 0 unspecified atom stereocenters. The Morgan fingerprint density at radius 2 is 2.00 bits per heavy atom. The molecule has 3 heteroatoms. The number of hydrogen-bond acceptors (Lipinski definition) is 3. The minimum Gasteiger partial charge on any atom is -0.497 e. The number of hydrogen-bond donors (Lipinski definition) is 0. The second-order valence-electron chi connectivity index (χ2n) is 3.49. The second-order valence-corrected chi connectivity index (χ2v) is 3.49. The van der Waals surface area contributed by atoms with Gasteiger partial charge in [0.15, 0.2) is 0 Å². The van der Waals surface area contributed by atoms with E-state index in [1.54, 1.807) is 7.11 Å². The summed E-state index contributed by atoms with van der Waals surface area (Å²) in [5, 5.41) is 8.49. The van der Waals surface area contributed by atoms with E-state index in [4.69, 9.17) is 10.00 Å². The number of nitriles is 1. The molecular formula is C12H16N2O. The molecule has 0 atom stereocenters. The Balaban J connectivity index is 2.41. The van der Waals surface area contributed by atoms with Crippen molar-refractivity contribution in [1.29, 1.82) is 5.26 Å². The second kappa shape index (κ2) is 6.05. The Labute approximate surface area is 90.9 Å². The highest BCUT2D eigenvalue weighted by atomic mass is 16.5. The average molecular weight is 204 g/mol. The lowest BCUT2D eigenvalue weighted by molar-refractivity contribution is 0.379. The summed E-state index contributed by atoms with van der Waals surface area (Å²) in [6.45, 7) is 1.38. The van der Waals surface area contributed by atoms with Crippen LogP contribution in [0.15, 0.2) is 24.3 Å². The van der Waals surface area contributed by atoms with E-state index >= 15 is 0 Å². The molecule has 0 N–H and O–H groups in total. The van der Waals surface area contributed by atoms with Gasteiger partial charge in [-0.05, 0) is 31.2 Å². The number of likely N-dealkylation sites (N-methyl/N-ethyl adjacent to an activating group) is 1. The molecule has 0 bridgehead atoms. The fraction of sp³-hybridized carbons (Fsp3) is 0.417. The highest BCUT2D eigenvalue weighted by molar-refractivity contribution is 5.27. The molecule has 0 heterocycles. The Morgan fingerprint density at radius 3 is 2.53 bits per heavy atom. The molecule has 1 aromatic carbocycles. The van der Waals surface area contributed by atoms with Crippen LogP contribution in [0.4, 0.5) is 0 Å². The van der Waals surface area contributed by atoms with Gasteiger partial charge in [-0.25, -0.2) is 0 Å². The van der Waals surface area contributed by atoms with Crippen molar-refractivity contribution in [3.05, 3.63) is 29.8 Å². The molecule has 0 radical (unpaired) electrons. The van der Waals surface area contributed by atoms with Crippen molar-refractivity contribution in [1.82, 2.24) is 4.90 Å². The quantitative estimate of drug-likeness (QED) is 0.685. The molecule has 1 rings (SSSR count). The minimum atomic E-state index is 0.482. The maximum absolute atomic E-state index is 8.49. The lowest BCUT2D eigenvalue weighted by atomic mass is 10.1. The van der Waals surface area contributed by atoms with Gasteiger partial charge in [-0.1, -0.05) is 12.1 Å². The molecule has 0 aromatic heterocycles. The molecule has 3 nitrogen and oxygen atoms in total. The zero-order valence-corrected chi connectivity index (χ0v) is 9.23. The summed E-state index contributed by atoms with van der Waals surface area (Å²) >= 11 is 0. The average Bonchev–Trinajstić information content (AvgIpc) is 2.27. The van der Waals surface area contributed by atoms with Crippen molar-refractivity contribution < 1.29 is 4.74 Å². The van der Waals surface area contributed by atoms with Crippen molar-refractivity contribution in [2.24, 2.45) is 0 Å². The van der Waals surface area contributed by atoms with Crippen LogP contribution in [0, 0.1) is 11.3 Å². The van der Waals surface area contributed by atoms with Crippen LogP contribution in [0.25, 0.3) is 0 Å². The third-order valence-electron chi connectivity index (χ3n) is 2.28. The summed E-state index contributed by atoms with van der Waals surface area (Å²) in [5.41, 5.74) is 1.26. The molecule has 0 aliphatic rings. The van der Waals surface area contributed by atoms with Gasteiger partial charge < -0.3 is 4.74 Å². The Hall–Kier alpha value is -1.53. The Morgan fingerprint density at radius 1 is 1.33 bits per heavy atom. The number of rotatable bonds is 5. The summed E-state index contributed by atoms with van der Waals surface area (Å²) in [7, 11) is 3.61. The molecule has 0 saturated carbocycles. The summed E-state index contributed by atoms with van der Waals surface area (Å²) in [5.74, 6) is 0.879. The van der Waals surface area contributed by atoms with Gasteiger partial charge in [0.2, 0.25) is 0 Å². The molecule has 0 aliphatic heterocycles. The first-order chi connectivity index (χ1) is 7.26. The standard InChI is InChI=1S/C12H16N2O/c1-14(10-8-13)9-7-11-3-5-12(15-2)6-4-11/h3-6H,7,9-10H2,1-2H3. The Kier molecular flexibility index (Phi) is 4.65. The number of methoxy groups -OCH3 is 1. The summed E-state index contributed by atoms with van der Waals surface area (Å²) < 4.78 is 5.08. The third kappa shape index (κ3) is 4.01. The molecule has 0 fully saturated rings. The normalized spacial score (nSPS) is 10.0. The van der Waals surface area contributed by atoms with Crippen molar-refractivity contribution >= 4 is 0 Å². The molecule has 80 valence electrons. The van der Waals surface area contributed by atoms with Crippen molar-refractivity contribution in [2.75, 3.05) is 27.2 Å². The topological polar surface area (TPSA) is 36.3 Å². The first-order valence-corrected chi connectivity index (χ1v) is 4.94. The van der Waals surface area contributed by atoms with E-state index < -0.39 is 0 Å². The van der Waals surface area contributed by atoms with Gasteiger partial charge in [-0.15, -0.1) is 0 Å². The van der Waals surface area contributed by atoms with Gasteiger partial charge in [0.25, 0.3) is 0 Å². The van der Waals surface area contributed by atoms with E-state index in [-0.39, 0.29) is 0 Å². The van der Waals surface area contributed by atoms with Crippen LogP contribution >= 0.6 is 0 Å². The first kappa shape index (κ1) is 11.5. The Bertz CT molecular complexity index is 326. The molecule has 0 spiro atoms. The van der Waals surface area contributed by atoms with Crippen LogP contribution in [0.1, 0.15) is 5.56 Å². The van der Waals surface area contributed by atoms with Gasteiger partial charge in [-0.2, -0.15) is 5.26 Å². The van der Waals surface area contributed by atoms with Crippen LogP contribution in [0.3, 0.4) is 0 Å². The maximum Gasteiger partial charge on any atom is 0.118 e. The van der Waals surface area contributed by atoms with Gasteiger partial charge in [0, 0.05) is 6.54 Å². The molecule has 0 saturated heterocycles. The predicted molar refractivity (Wildman–Crippen MR) is 59.8 cm³/mol.